The summed E-state index contributed by atoms with van der Waals surface area (Å²) in [4.78, 5) is 4.94. The van der Waals surface area contributed by atoms with Gasteiger partial charge in [0.1, 0.15) is 0 Å². The Kier molecular flexibility index (Phi) is 14.1. The minimum absolute atomic E-state index is 0.262. The van der Waals surface area contributed by atoms with Crippen LogP contribution in [0.4, 0.5) is 0 Å². The van der Waals surface area contributed by atoms with Gasteiger partial charge in [0, 0.05) is 0 Å². The molecule has 0 aliphatic carbocycles. The minimum Gasteiger partial charge on any atom is -0.286 e. The summed E-state index contributed by atoms with van der Waals surface area (Å²) in [6.07, 6.45) is 9.75. The van der Waals surface area contributed by atoms with E-state index in [0.717, 1.165) is 12.8 Å². The monoisotopic (exact) mass is 310 g/mol. The summed E-state index contributed by atoms with van der Waals surface area (Å²) >= 11 is 0. The van der Waals surface area contributed by atoms with Crippen molar-refractivity contribution in [2.75, 3.05) is 19.8 Å². The number of hydrogen-bond acceptors (Lipinski definition) is 5. The molecular weight excluding hydrogens is 279 g/mol. The SMILES string of the molecule is CCCCCCCCCCOOP(=O)(OCC)OCC. The highest BCUT2D eigenvalue weighted by atomic mass is 31.2. The molecule has 0 heterocycles. The summed E-state index contributed by atoms with van der Waals surface area (Å²) in [5.74, 6) is 0. The van der Waals surface area contributed by atoms with E-state index < -0.39 is 7.82 Å². The summed E-state index contributed by atoms with van der Waals surface area (Å²) in [6.45, 7) is 6.62. The molecule has 0 fully saturated rings. The predicted molar refractivity (Wildman–Crippen MR) is 80.5 cm³/mol. The van der Waals surface area contributed by atoms with E-state index in [1.807, 2.05) is 0 Å². The van der Waals surface area contributed by atoms with Gasteiger partial charge in [0.2, 0.25) is 0 Å². The van der Waals surface area contributed by atoms with Gasteiger partial charge in [-0.1, -0.05) is 51.9 Å². The van der Waals surface area contributed by atoms with Crippen LogP contribution in [0, 0.1) is 0 Å². The van der Waals surface area contributed by atoms with Crippen LogP contribution in [0.1, 0.15) is 72.1 Å². The van der Waals surface area contributed by atoms with E-state index >= 15 is 0 Å². The van der Waals surface area contributed by atoms with Crippen molar-refractivity contribution in [3.63, 3.8) is 0 Å². The average Bonchev–Trinajstić information content (AvgIpc) is 2.41. The van der Waals surface area contributed by atoms with Gasteiger partial charge in [0.05, 0.1) is 19.8 Å². The van der Waals surface area contributed by atoms with Gasteiger partial charge in [-0.2, -0.15) is 0 Å². The first-order chi connectivity index (χ1) is 9.68. The Bertz CT molecular complexity index is 238. The third kappa shape index (κ3) is 11.9. The van der Waals surface area contributed by atoms with Gasteiger partial charge >= 0.3 is 7.82 Å². The Balaban J connectivity index is 3.43. The summed E-state index contributed by atoms with van der Waals surface area (Å²) < 4.78 is 26.5. The Hall–Kier alpha value is 0.0700. The zero-order valence-corrected chi connectivity index (χ0v) is 14.2. The molecule has 0 unspecified atom stereocenters. The van der Waals surface area contributed by atoms with Crippen LogP contribution < -0.4 is 0 Å². The summed E-state index contributed by atoms with van der Waals surface area (Å²) in [5, 5.41) is 0. The molecule has 122 valence electrons. The molecule has 6 heteroatoms. The molecule has 0 rings (SSSR count). The van der Waals surface area contributed by atoms with Crippen molar-refractivity contribution in [1.82, 2.24) is 0 Å². The lowest BCUT2D eigenvalue weighted by molar-refractivity contribution is -0.227. The maximum absolute atomic E-state index is 11.9. The molecule has 0 atom stereocenters. The predicted octanol–water partition coefficient (Wildman–Crippen LogP) is 5.26. The first-order valence-corrected chi connectivity index (χ1v) is 9.34. The lowest BCUT2D eigenvalue weighted by Crippen LogP contribution is -2.02. The van der Waals surface area contributed by atoms with E-state index in [4.69, 9.17) is 18.6 Å². The van der Waals surface area contributed by atoms with Crippen molar-refractivity contribution in [2.45, 2.75) is 72.1 Å². The second-order valence-electron chi connectivity index (χ2n) is 4.65. The van der Waals surface area contributed by atoms with Gasteiger partial charge < -0.3 is 0 Å². The van der Waals surface area contributed by atoms with E-state index in [-0.39, 0.29) is 13.2 Å². The van der Waals surface area contributed by atoms with E-state index in [9.17, 15) is 4.57 Å². The molecular formula is C14H31O5P. The molecule has 0 aliphatic rings. The molecule has 0 aromatic heterocycles. The van der Waals surface area contributed by atoms with Crippen LogP contribution in [0.5, 0.6) is 0 Å². The molecule has 5 nitrogen and oxygen atoms in total. The largest absolute Gasteiger partial charge is 0.502 e. The number of hydrogen-bond donors (Lipinski definition) is 0. The van der Waals surface area contributed by atoms with Crippen LogP contribution in [0.2, 0.25) is 0 Å². The average molecular weight is 310 g/mol. The van der Waals surface area contributed by atoms with E-state index in [2.05, 4.69) is 6.92 Å². The zero-order valence-electron chi connectivity index (χ0n) is 13.3. The van der Waals surface area contributed by atoms with Gasteiger partial charge in [-0.25, -0.2) is 9.45 Å². The van der Waals surface area contributed by atoms with Crippen LogP contribution in [-0.4, -0.2) is 19.8 Å². The highest BCUT2D eigenvalue weighted by Gasteiger charge is 2.26. The second-order valence-corrected chi connectivity index (χ2v) is 6.21. The first-order valence-electron chi connectivity index (χ1n) is 7.88. The molecule has 0 saturated heterocycles. The summed E-state index contributed by atoms with van der Waals surface area (Å²) in [6, 6.07) is 0. The van der Waals surface area contributed by atoms with Gasteiger partial charge in [0.15, 0.2) is 0 Å². The summed E-state index contributed by atoms with van der Waals surface area (Å²) in [5.41, 5.74) is 0. The quantitative estimate of drug-likeness (QED) is 0.179. The number of rotatable bonds is 15. The van der Waals surface area contributed by atoms with Gasteiger partial charge in [-0.15, -0.1) is 4.67 Å². The smallest absolute Gasteiger partial charge is 0.286 e. The van der Waals surface area contributed by atoms with Crippen LogP contribution >= 0.6 is 7.82 Å². The Morgan fingerprint density at radius 1 is 0.750 bits per heavy atom. The third-order valence-corrected chi connectivity index (χ3v) is 4.24. The Morgan fingerprint density at radius 3 is 1.75 bits per heavy atom. The lowest BCUT2D eigenvalue weighted by atomic mass is 10.1. The third-order valence-electron chi connectivity index (χ3n) is 2.80. The van der Waals surface area contributed by atoms with Gasteiger partial charge in [0.25, 0.3) is 0 Å². The van der Waals surface area contributed by atoms with Crippen LogP contribution in [0.25, 0.3) is 0 Å². The molecule has 0 aliphatic heterocycles. The lowest BCUT2D eigenvalue weighted by Gasteiger charge is -2.14. The van der Waals surface area contributed by atoms with Gasteiger partial charge in [-0.3, -0.25) is 9.05 Å². The van der Waals surface area contributed by atoms with Gasteiger partial charge in [-0.05, 0) is 20.3 Å². The second kappa shape index (κ2) is 14.0. The van der Waals surface area contributed by atoms with Crippen molar-refractivity contribution < 1.29 is 23.2 Å². The topological polar surface area (TPSA) is 54.0 Å². The Morgan fingerprint density at radius 2 is 1.25 bits per heavy atom. The van der Waals surface area contributed by atoms with Crippen LogP contribution in [-0.2, 0) is 23.2 Å². The van der Waals surface area contributed by atoms with Crippen molar-refractivity contribution in [3.8, 4) is 0 Å². The Labute approximate surface area is 123 Å². The first kappa shape index (κ1) is 20.1. The molecule has 0 spiro atoms. The minimum atomic E-state index is -3.52. The normalized spacial score (nSPS) is 11.9. The fourth-order valence-corrected chi connectivity index (χ4v) is 2.79. The van der Waals surface area contributed by atoms with Crippen LogP contribution in [0.3, 0.4) is 0 Å². The molecule has 20 heavy (non-hydrogen) atoms. The molecule has 0 saturated carbocycles. The molecule has 0 radical (unpaired) electrons. The van der Waals surface area contributed by atoms with Crippen molar-refractivity contribution in [3.05, 3.63) is 0 Å². The van der Waals surface area contributed by atoms with E-state index in [1.54, 1.807) is 13.8 Å². The molecule has 0 amide bonds. The molecule has 0 aromatic carbocycles. The van der Waals surface area contributed by atoms with E-state index in [0.29, 0.717) is 6.61 Å². The summed E-state index contributed by atoms with van der Waals surface area (Å²) in [7, 11) is -3.52. The maximum atomic E-state index is 11.9. The van der Waals surface area contributed by atoms with Crippen molar-refractivity contribution in [2.24, 2.45) is 0 Å². The zero-order chi connectivity index (χ0) is 15.1. The molecule has 0 bridgehead atoms. The number of unbranched alkanes of at least 4 members (excludes halogenated alkanes) is 7. The van der Waals surface area contributed by atoms with E-state index in [1.165, 1.54) is 38.5 Å². The molecule has 0 aromatic rings. The fourth-order valence-electron chi connectivity index (χ4n) is 1.79. The van der Waals surface area contributed by atoms with Crippen LogP contribution in [0.15, 0.2) is 0 Å². The standard InChI is InChI=1S/C14H31O5P/c1-4-7-8-9-10-11-12-13-14-16-19-20(15,17-5-2)18-6-3/h4-14H2,1-3H3. The highest BCUT2D eigenvalue weighted by Crippen LogP contribution is 2.49. The molecule has 0 N–H and O–H groups in total. The fraction of sp³-hybridized carbons (Fsp3) is 1.00. The number of phosphoric acid groups is 1. The van der Waals surface area contributed by atoms with Crippen molar-refractivity contribution >= 4 is 7.82 Å². The highest BCUT2D eigenvalue weighted by molar-refractivity contribution is 7.48. The maximum Gasteiger partial charge on any atom is 0.502 e. The number of phosphoric ester groups is 1. The van der Waals surface area contributed by atoms with Crippen molar-refractivity contribution in [1.29, 1.82) is 0 Å².